The molecule has 1 N–H and O–H groups in total. The predicted molar refractivity (Wildman–Crippen MR) is 77.2 cm³/mol. The predicted octanol–water partition coefficient (Wildman–Crippen LogP) is 0.363. The van der Waals surface area contributed by atoms with E-state index in [0.29, 0.717) is 41.3 Å². The number of nitriles is 1. The molecule has 7 heteroatoms. The number of nitrogens with one attached hydrogen (secondary N) is 1. The number of aromatic nitrogens is 2. The van der Waals surface area contributed by atoms with E-state index < -0.39 is 16.7 Å². The third-order valence-electron chi connectivity index (χ3n) is 3.35. The van der Waals surface area contributed by atoms with Gasteiger partial charge in [0.25, 0.3) is 5.56 Å². The van der Waals surface area contributed by atoms with Crippen LogP contribution in [0.5, 0.6) is 0 Å². The molecule has 3 rings (SSSR count). The van der Waals surface area contributed by atoms with Gasteiger partial charge >= 0.3 is 0 Å². The van der Waals surface area contributed by atoms with Crippen LogP contribution in [0.1, 0.15) is 5.56 Å². The molecule has 0 bridgehead atoms. The minimum Gasteiger partial charge on any atom is -0.616 e. The first kappa shape index (κ1) is 13.0. The van der Waals surface area contributed by atoms with Crippen LogP contribution >= 0.6 is 0 Å². The maximum absolute atomic E-state index is 12.0. The highest BCUT2D eigenvalue weighted by atomic mass is 32.2. The summed E-state index contributed by atoms with van der Waals surface area (Å²) in [5, 5.41) is 9.26. The fourth-order valence-electron chi connectivity index (χ4n) is 2.38. The van der Waals surface area contributed by atoms with Crippen LogP contribution in [0.3, 0.4) is 0 Å². The normalized spacial score (nSPS) is 16.3. The van der Waals surface area contributed by atoms with E-state index in [9.17, 15) is 14.6 Å². The molecule has 0 radical (unpaired) electrons. The van der Waals surface area contributed by atoms with Crippen molar-refractivity contribution in [2.45, 2.75) is 0 Å². The monoisotopic (exact) mass is 288 g/mol. The van der Waals surface area contributed by atoms with Crippen molar-refractivity contribution < 1.29 is 4.55 Å². The number of nitrogens with zero attached hydrogens (tertiary/aromatic N) is 3. The van der Waals surface area contributed by atoms with Crippen molar-refractivity contribution in [1.82, 2.24) is 9.97 Å². The molecule has 20 heavy (non-hydrogen) atoms. The van der Waals surface area contributed by atoms with E-state index >= 15 is 0 Å². The molecule has 1 saturated heterocycles. The average Bonchev–Trinajstić information content (AvgIpc) is 2.47. The first-order valence-corrected chi connectivity index (χ1v) is 7.70. The van der Waals surface area contributed by atoms with Gasteiger partial charge in [-0.1, -0.05) is 11.2 Å². The molecule has 0 aliphatic carbocycles. The average molecular weight is 288 g/mol. The van der Waals surface area contributed by atoms with Gasteiger partial charge in [-0.2, -0.15) is 5.26 Å². The number of anilines is 1. The number of fused-ring (bicyclic) bond motifs is 1. The molecule has 1 aliphatic rings. The number of rotatable bonds is 1. The van der Waals surface area contributed by atoms with Crippen LogP contribution in [0.4, 0.5) is 5.69 Å². The Labute approximate surface area is 118 Å². The first-order chi connectivity index (χ1) is 9.70. The summed E-state index contributed by atoms with van der Waals surface area (Å²) >= 11 is -0.813. The number of pyridine rings is 2. The van der Waals surface area contributed by atoms with E-state index in [-0.39, 0.29) is 5.56 Å². The van der Waals surface area contributed by atoms with Gasteiger partial charge in [0.15, 0.2) is 0 Å². The Kier molecular flexibility index (Phi) is 3.34. The molecule has 2 aromatic heterocycles. The summed E-state index contributed by atoms with van der Waals surface area (Å²) in [5.41, 5.74) is 1.44. The van der Waals surface area contributed by atoms with E-state index in [0.717, 1.165) is 0 Å². The Morgan fingerprint density at radius 2 is 2.20 bits per heavy atom. The molecule has 6 nitrogen and oxygen atoms in total. The highest BCUT2D eigenvalue weighted by Crippen LogP contribution is 2.26. The van der Waals surface area contributed by atoms with Crippen molar-refractivity contribution >= 4 is 27.9 Å². The standard InChI is InChI=1S/C13H12N4O2S/c14-8-9-12(17-4-6-20(19)7-5-17)11-10(16-13(9)18)2-1-3-15-11/h1-3H,4-7H2,(H,16,18). The Balaban J connectivity index is 2.22. The Morgan fingerprint density at radius 3 is 2.90 bits per heavy atom. The number of aromatic amines is 1. The lowest BCUT2D eigenvalue weighted by Crippen LogP contribution is -2.41. The Morgan fingerprint density at radius 1 is 1.45 bits per heavy atom. The van der Waals surface area contributed by atoms with E-state index in [1.54, 1.807) is 18.3 Å². The summed E-state index contributed by atoms with van der Waals surface area (Å²) < 4.78 is 11.5. The molecule has 0 saturated carbocycles. The highest BCUT2D eigenvalue weighted by Gasteiger charge is 2.25. The smallest absolute Gasteiger partial charge is 0.268 e. The lowest BCUT2D eigenvalue weighted by Gasteiger charge is -2.30. The summed E-state index contributed by atoms with van der Waals surface area (Å²) in [6.45, 7) is 1.13. The van der Waals surface area contributed by atoms with Crippen LogP contribution < -0.4 is 10.5 Å². The summed E-state index contributed by atoms with van der Waals surface area (Å²) in [5.74, 6) is 1.10. The molecular weight excluding hydrogens is 276 g/mol. The van der Waals surface area contributed by atoms with Crippen molar-refractivity contribution in [1.29, 1.82) is 5.26 Å². The van der Waals surface area contributed by atoms with Crippen LogP contribution in [-0.4, -0.2) is 39.1 Å². The number of hydrogen-bond acceptors (Lipinski definition) is 5. The zero-order chi connectivity index (χ0) is 14.1. The number of H-pyrrole nitrogens is 1. The van der Waals surface area contributed by atoms with Gasteiger partial charge in [-0.3, -0.25) is 9.78 Å². The molecule has 2 aromatic rings. The molecule has 0 atom stereocenters. The fraction of sp³-hybridized carbons (Fsp3) is 0.308. The quantitative estimate of drug-likeness (QED) is 0.764. The van der Waals surface area contributed by atoms with Gasteiger partial charge in [0.2, 0.25) is 0 Å². The van der Waals surface area contributed by atoms with Gasteiger partial charge in [0.1, 0.15) is 28.7 Å². The SMILES string of the molecule is N#Cc1c(N2CC[S+]([O-])CC2)c2ncccc2[nH]c1=O. The molecule has 0 aromatic carbocycles. The highest BCUT2D eigenvalue weighted by molar-refractivity contribution is 7.91. The van der Waals surface area contributed by atoms with Gasteiger partial charge in [-0.25, -0.2) is 0 Å². The van der Waals surface area contributed by atoms with Gasteiger partial charge in [0.05, 0.1) is 24.3 Å². The van der Waals surface area contributed by atoms with Crippen molar-refractivity contribution in [2.24, 2.45) is 0 Å². The molecule has 1 fully saturated rings. The zero-order valence-electron chi connectivity index (χ0n) is 10.6. The lowest BCUT2D eigenvalue weighted by molar-refractivity contribution is 0.586. The van der Waals surface area contributed by atoms with E-state index in [1.165, 1.54) is 0 Å². The van der Waals surface area contributed by atoms with Gasteiger partial charge in [-0.05, 0) is 12.1 Å². The third kappa shape index (κ3) is 2.13. The van der Waals surface area contributed by atoms with Crippen LogP contribution in [0.25, 0.3) is 11.0 Å². The van der Waals surface area contributed by atoms with Crippen LogP contribution in [0.15, 0.2) is 23.1 Å². The van der Waals surface area contributed by atoms with Crippen molar-refractivity contribution in [3.8, 4) is 6.07 Å². The van der Waals surface area contributed by atoms with Crippen LogP contribution in [0, 0.1) is 11.3 Å². The Bertz CT molecular complexity index is 744. The molecule has 3 heterocycles. The largest absolute Gasteiger partial charge is 0.616 e. The van der Waals surface area contributed by atoms with Gasteiger partial charge < -0.3 is 14.4 Å². The molecule has 0 spiro atoms. The van der Waals surface area contributed by atoms with E-state index in [1.807, 2.05) is 11.0 Å². The summed E-state index contributed by atoms with van der Waals surface area (Å²) in [7, 11) is 0. The number of hydrogen-bond donors (Lipinski definition) is 1. The summed E-state index contributed by atoms with van der Waals surface area (Å²) in [4.78, 5) is 20.9. The molecule has 0 amide bonds. The zero-order valence-corrected chi connectivity index (χ0v) is 11.4. The topological polar surface area (TPSA) is 95.8 Å². The third-order valence-corrected chi connectivity index (χ3v) is 4.63. The second kappa shape index (κ2) is 5.15. The fourth-order valence-corrected chi connectivity index (χ4v) is 3.43. The van der Waals surface area contributed by atoms with Crippen molar-refractivity contribution in [2.75, 3.05) is 29.5 Å². The maximum Gasteiger partial charge on any atom is 0.268 e. The van der Waals surface area contributed by atoms with Gasteiger partial charge in [0, 0.05) is 6.20 Å². The molecular formula is C13H12N4O2S. The first-order valence-electron chi connectivity index (χ1n) is 6.21. The van der Waals surface area contributed by atoms with E-state index in [4.69, 9.17) is 0 Å². The van der Waals surface area contributed by atoms with E-state index in [2.05, 4.69) is 9.97 Å². The molecule has 1 aliphatic heterocycles. The van der Waals surface area contributed by atoms with Gasteiger partial charge in [-0.15, -0.1) is 0 Å². The van der Waals surface area contributed by atoms with Crippen molar-refractivity contribution in [3.05, 3.63) is 34.2 Å². The minimum atomic E-state index is -0.813. The summed E-state index contributed by atoms with van der Waals surface area (Å²) in [6.07, 6.45) is 1.63. The second-order valence-corrected chi connectivity index (χ2v) is 6.22. The minimum absolute atomic E-state index is 0.0730. The van der Waals surface area contributed by atoms with Crippen LogP contribution in [-0.2, 0) is 11.2 Å². The molecule has 0 unspecified atom stereocenters. The lowest BCUT2D eigenvalue weighted by atomic mass is 10.1. The summed E-state index contributed by atoms with van der Waals surface area (Å²) in [6, 6.07) is 5.46. The second-order valence-electron chi connectivity index (χ2n) is 4.52. The molecule has 102 valence electrons. The van der Waals surface area contributed by atoms with Crippen LogP contribution in [0.2, 0.25) is 0 Å². The maximum atomic E-state index is 12.0. The Hall–Kier alpha value is -2.04. The van der Waals surface area contributed by atoms with Crippen molar-refractivity contribution in [3.63, 3.8) is 0 Å².